The van der Waals surface area contributed by atoms with Gasteiger partial charge in [-0.25, -0.2) is 4.39 Å². The van der Waals surface area contributed by atoms with Crippen LogP contribution in [0.25, 0.3) is 0 Å². The van der Waals surface area contributed by atoms with Crippen LogP contribution in [0.1, 0.15) is 44.7 Å². The van der Waals surface area contributed by atoms with Crippen molar-refractivity contribution in [3.05, 3.63) is 29.3 Å². The second-order valence-corrected chi connectivity index (χ2v) is 5.13. The molecule has 0 saturated carbocycles. The second kappa shape index (κ2) is 4.67. The van der Waals surface area contributed by atoms with Crippen LogP contribution in [0.5, 0.6) is 0 Å². The summed E-state index contributed by atoms with van der Waals surface area (Å²) in [6.07, 6.45) is 2.77. The maximum Gasteiger partial charge on any atom is 0.133 e. The van der Waals surface area contributed by atoms with E-state index < -0.39 is 5.67 Å². The molecule has 1 aliphatic heterocycles. The normalized spacial score (nSPS) is 18.0. The molecule has 1 aromatic carbocycles. The van der Waals surface area contributed by atoms with Crippen molar-refractivity contribution in [1.82, 2.24) is 0 Å². The van der Waals surface area contributed by atoms with Crippen molar-refractivity contribution in [1.29, 1.82) is 0 Å². The zero-order valence-corrected chi connectivity index (χ0v) is 11.1. The fourth-order valence-corrected chi connectivity index (χ4v) is 2.48. The SMILES string of the molecule is CCCN1CCc2ccc(C(C)(F)CC)cc21. The van der Waals surface area contributed by atoms with Gasteiger partial charge in [0.05, 0.1) is 0 Å². The first-order chi connectivity index (χ1) is 8.08. The lowest BCUT2D eigenvalue weighted by Gasteiger charge is -2.23. The van der Waals surface area contributed by atoms with Crippen molar-refractivity contribution in [2.24, 2.45) is 0 Å². The second-order valence-electron chi connectivity index (χ2n) is 5.13. The van der Waals surface area contributed by atoms with Crippen LogP contribution in [0.2, 0.25) is 0 Å². The molecule has 2 heteroatoms. The van der Waals surface area contributed by atoms with Crippen LogP contribution in [0, 0.1) is 0 Å². The number of halogens is 1. The molecule has 1 aliphatic rings. The first-order valence-electron chi connectivity index (χ1n) is 6.65. The quantitative estimate of drug-likeness (QED) is 0.761. The van der Waals surface area contributed by atoms with Gasteiger partial charge >= 0.3 is 0 Å². The standard InChI is InChI=1S/C15H22FN/c1-4-9-17-10-8-12-6-7-13(11-14(12)17)15(3,16)5-2/h6-7,11H,4-5,8-10H2,1-3H3. The Kier molecular flexibility index (Phi) is 3.41. The van der Waals surface area contributed by atoms with E-state index >= 15 is 0 Å². The van der Waals surface area contributed by atoms with Gasteiger partial charge in [-0.3, -0.25) is 0 Å². The molecule has 2 rings (SSSR count). The fourth-order valence-electron chi connectivity index (χ4n) is 2.48. The number of benzene rings is 1. The van der Waals surface area contributed by atoms with Gasteiger partial charge in [0.1, 0.15) is 5.67 Å². The summed E-state index contributed by atoms with van der Waals surface area (Å²) in [7, 11) is 0. The molecule has 0 radical (unpaired) electrons. The summed E-state index contributed by atoms with van der Waals surface area (Å²) >= 11 is 0. The molecular formula is C15H22FN. The van der Waals surface area contributed by atoms with Crippen LogP contribution in [0.15, 0.2) is 18.2 Å². The molecule has 0 amide bonds. The Bertz CT molecular complexity index is 396. The molecule has 0 spiro atoms. The molecule has 1 nitrogen and oxygen atoms in total. The van der Waals surface area contributed by atoms with Gasteiger partial charge in [0, 0.05) is 18.8 Å². The Morgan fingerprint density at radius 3 is 2.76 bits per heavy atom. The average Bonchev–Trinajstić information content (AvgIpc) is 2.72. The lowest BCUT2D eigenvalue weighted by atomic mass is 9.93. The third-order valence-corrected chi connectivity index (χ3v) is 3.84. The first-order valence-corrected chi connectivity index (χ1v) is 6.65. The van der Waals surface area contributed by atoms with E-state index in [9.17, 15) is 4.39 Å². The topological polar surface area (TPSA) is 3.24 Å². The molecule has 0 aromatic heterocycles. The number of hydrogen-bond donors (Lipinski definition) is 0. The summed E-state index contributed by atoms with van der Waals surface area (Å²) < 4.78 is 14.3. The Labute approximate surface area is 104 Å². The van der Waals surface area contributed by atoms with E-state index in [4.69, 9.17) is 0 Å². The van der Waals surface area contributed by atoms with Crippen molar-refractivity contribution < 1.29 is 4.39 Å². The van der Waals surface area contributed by atoms with E-state index in [2.05, 4.69) is 24.0 Å². The minimum atomic E-state index is -1.20. The van der Waals surface area contributed by atoms with Crippen molar-refractivity contribution in [3.8, 4) is 0 Å². The summed E-state index contributed by atoms with van der Waals surface area (Å²) in [5.74, 6) is 0. The maximum absolute atomic E-state index is 14.3. The molecule has 0 fully saturated rings. The molecule has 0 aliphatic carbocycles. The van der Waals surface area contributed by atoms with Crippen LogP contribution < -0.4 is 4.90 Å². The lowest BCUT2D eigenvalue weighted by molar-refractivity contribution is 0.185. The molecule has 1 atom stereocenters. The van der Waals surface area contributed by atoms with Gasteiger partial charge in [0.2, 0.25) is 0 Å². The predicted octanol–water partition coefficient (Wildman–Crippen LogP) is 4.05. The Morgan fingerprint density at radius 1 is 1.35 bits per heavy atom. The zero-order valence-electron chi connectivity index (χ0n) is 11.1. The summed E-state index contributed by atoms with van der Waals surface area (Å²) in [6, 6.07) is 6.12. The Hall–Kier alpha value is -1.05. The summed E-state index contributed by atoms with van der Waals surface area (Å²) in [4.78, 5) is 2.38. The molecule has 1 unspecified atom stereocenters. The highest BCUT2D eigenvalue weighted by molar-refractivity contribution is 5.60. The van der Waals surface area contributed by atoms with Crippen molar-refractivity contribution >= 4 is 5.69 Å². The number of nitrogens with zero attached hydrogens (tertiary/aromatic N) is 1. The smallest absolute Gasteiger partial charge is 0.133 e. The van der Waals surface area contributed by atoms with Crippen LogP contribution in [0.4, 0.5) is 10.1 Å². The largest absolute Gasteiger partial charge is 0.371 e. The highest BCUT2D eigenvalue weighted by atomic mass is 19.1. The third-order valence-electron chi connectivity index (χ3n) is 3.84. The minimum Gasteiger partial charge on any atom is -0.371 e. The molecule has 0 saturated heterocycles. The zero-order chi connectivity index (χ0) is 12.5. The van der Waals surface area contributed by atoms with E-state index in [1.807, 2.05) is 13.0 Å². The van der Waals surface area contributed by atoms with Crippen molar-refractivity contribution in [2.75, 3.05) is 18.0 Å². The maximum atomic E-state index is 14.3. The van der Waals surface area contributed by atoms with Gasteiger partial charge in [-0.15, -0.1) is 0 Å². The molecule has 1 heterocycles. The Balaban J connectivity index is 2.33. The molecule has 0 N–H and O–H groups in total. The average molecular weight is 235 g/mol. The van der Waals surface area contributed by atoms with Gasteiger partial charge < -0.3 is 4.90 Å². The molecular weight excluding hydrogens is 213 g/mol. The van der Waals surface area contributed by atoms with Crippen molar-refractivity contribution in [3.63, 3.8) is 0 Å². The number of hydrogen-bond acceptors (Lipinski definition) is 1. The minimum absolute atomic E-state index is 0.527. The summed E-state index contributed by atoms with van der Waals surface area (Å²) in [5, 5.41) is 0. The van der Waals surface area contributed by atoms with E-state index in [0.717, 1.165) is 31.5 Å². The van der Waals surface area contributed by atoms with Gasteiger partial charge in [-0.05, 0) is 43.4 Å². The van der Waals surface area contributed by atoms with Gasteiger partial charge in [0.15, 0.2) is 0 Å². The van der Waals surface area contributed by atoms with E-state index in [-0.39, 0.29) is 0 Å². The van der Waals surface area contributed by atoms with Gasteiger partial charge in [-0.1, -0.05) is 26.0 Å². The number of rotatable bonds is 4. The van der Waals surface area contributed by atoms with Crippen LogP contribution in [0.3, 0.4) is 0 Å². The monoisotopic (exact) mass is 235 g/mol. The van der Waals surface area contributed by atoms with Crippen LogP contribution in [-0.4, -0.2) is 13.1 Å². The number of alkyl halides is 1. The molecule has 0 bridgehead atoms. The number of anilines is 1. The van der Waals surface area contributed by atoms with Crippen LogP contribution >= 0.6 is 0 Å². The summed E-state index contributed by atoms with van der Waals surface area (Å²) in [6.45, 7) is 7.92. The molecule has 94 valence electrons. The van der Waals surface area contributed by atoms with E-state index in [1.54, 1.807) is 6.92 Å². The van der Waals surface area contributed by atoms with Crippen LogP contribution in [-0.2, 0) is 12.1 Å². The van der Waals surface area contributed by atoms with Gasteiger partial charge in [0.25, 0.3) is 0 Å². The van der Waals surface area contributed by atoms with E-state index in [1.165, 1.54) is 11.3 Å². The summed E-state index contributed by atoms with van der Waals surface area (Å²) in [5.41, 5.74) is 2.24. The first kappa shape index (κ1) is 12.4. The predicted molar refractivity (Wildman–Crippen MR) is 71.4 cm³/mol. The molecule has 1 aromatic rings. The fraction of sp³-hybridized carbons (Fsp3) is 0.600. The highest BCUT2D eigenvalue weighted by Crippen LogP contribution is 2.35. The van der Waals surface area contributed by atoms with Crippen molar-refractivity contribution in [2.45, 2.75) is 45.7 Å². The third kappa shape index (κ3) is 2.31. The molecule has 17 heavy (non-hydrogen) atoms. The highest BCUT2D eigenvalue weighted by Gasteiger charge is 2.26. The Morgan fingerprint density at radius 2 is 2.12 bits per heavy atom. The number of fused-ring (bicyclic) bond motifs is 1. The lowest BCUT2D eigenvalue weighted by Crippen LogP contribution is -2.21. The van der Waals surface area contributed by atoms with Gasteiger partial charge in [-0.2, -0.15) is 0 Å². The van der Waals surface area contributed by atoms with E-state index in [0.29, 0.717) is 6.42 Å².